The van der Waals surface area contributed by atoms with Gasteiger partial charge in [0.15, 0.2) is 0 Å². The van der Waals surface area contributed by atoms with Crippen molar-refractivity contribution in [3.8, 4) is 23.7 Å². The molecule has 0 aliphatic heterocycles. The van der Waals surface area contributed by atoms with Gasteiger partial charge in [-0.25, -0.2) is 0 Å². The van der Waals surface area contributed by atoms with Crippen LogP contribution >= 0.6 is 0 Å². The maximum absolute atomic E-state index is 3.58. The second kappa shape index (κ2) is 10.0. The van der Waals surface area contributed by atoms with Crippen LogP contribution in [0.1, 0.15) is 100 Å². The van der Waals surface area contributed by atoms with Gasteiger partial charge in [-0.05, 0) is 175 Å². The van der Waals surface area contributed by atoms with Crippen LogP contribution in [0.4, 0.5) is 0 Å². The molecular weight excluding hydrogens is 432 g/mol. The van der Waals surface area contributed by atoms with Crippen molar-refractivity contribution < 1.29 is 0 Å². The van der Waals surface area contributed by atoms with Crippen molar-refractivity contribution in [3.05, 3.63) is 100 Å². The average molecular weight is 475 g/mol. The van der Waals surface area contributed by atoms with Crippen molar-refractivity contribution in [2.45, 2.75) is 96.9 Å². The van der Waals surface area contributed by atoms with Crippen molar-refractivity contribution in [3.63, 3.8) is 0 Å². The first-order chi connectivity index (χ1) is 16.7. The fourth-order valence-electron chi connectivity index (χ4n) is 5.31. The Morgan fingerprint density at radius 3 is 0.472 bits per heavy atom. The molecule has 0 nitrogen and oxygen atoms in total. The van der Waals surface area contributed by atoms with Crippen molar-refractivity contribution in [1.29, 1.82) is 0 Å². The molecule has 3 aromatic rings. The van der Waals surface area contributed by atoms with E-state index in [0.717, 1.165) is 11.1 Å². The van der Waals surface area contributed by atoms with E-state index in [4.69, 9.17) is 0 Å². The summed E-state index contributed by atoms with van der Waals surface area (Å²) in [5.41, 5.74) is 22.9. The van der Waals surface area contributed by atoms with Crippen molar-refractivity contribution in [2.24, 2.45) is 0 Å². The van der Waals surface area contributed by atoms with Gasteiger partial charge in [0.2, 0.25) is 0 Å². The van der Waals surface area contributed by atoms with Gasteiger partial charge < -0.3 is 0 Å². The van der Waals surface area contributed by atoms with Crippen molar-refractivity contribution in [2.75, 3.05) is 0 Å². The molecule has 0 radical (unpaired) electrons. The molecule has 0 aliphatic carbocycles. The monoisotopic (exact) mass is 474 g/mol. The summed E-state index contributed by atoms with van der Waals surface area (Å²) >= 11 is 0. The Kier molecular flexibility index (Phi) is 7.63. The highest BCUT2D eigenvalue weighted by Crippen LogP contribution is 2.29. The van der Waals surface area contributed by atoms with E-state index in [-0.39, 0.29) is 0 Å². The molecule has 0 atom stereocenters. The Hall–Kier alpha value is -3.22. The maximum atomic E-state index is 3.58. The highest BCUT2D eigenvalue weighted by molar-refractivity contribution is 5.65. The molecule has 36 heavy (non-hydrogen) atoms. The third-order valence-electron chi connectivity index (χ3n) is 9.25. The van der Waals surface area contributed by atoms with Gasteiger partial charge in [0.25, 0.3) is 0 Å². The zero-order valence-corrected chi connectivity index (χ0v) is 25.0. The molecule has 0 saturated heterocycles. The van der Waals surface area contributed by atoms with E-state index >= 15 is 0 Å². The lowest BCUT2D eigenvalue weighted by Gasteiger charge is -2.17. The minimum atomic E-state index is 1.14. The number of hydrogen-bond donors (Lipinski definition) is 0. The van der Waals surface area contributed by atoms with Crippen LogP contribution in [0, 0.1) is 121 Å². The molecule has 0 amide bonds. The summed E-state index contributed by atoms with van der Waals surface area (Å²) < 4.78 is 0. The first-order valence-electron chi connectivity index (χ1n) is 13.0. The minimum absolute atomic E-state index is 1.14. The van der Waals surface area contributed by atoms with Gasteiger partial charge in [0.05, 0.1) is 0 Å². The summed E-state index contributed by atoms with van der Waals surface area (Å²) in [7, 11) is 0. The van der Waals surface area contributed by atoms with Crippen LogP contribution in [-0.4, -0.2) is 0 Å². The lowest BCUT2D eigenvalue weighted by atomic mass is 9.87. The average Bonchev–Trinajstić information content (AvgIpc) is 2.86. The standard InChI is InChI=1S/C36H42/c1-19-21(3)25(7)33(26(8)22(19)4)15-17-35-29(11)31(13)36(32(14)30(35)12)18-16-34-27(9)23(5)20(2)24(6)28(34)10/h1-14H3. The zero-order valence-electron chi connectivity index (χ0n) is 25.0. The van der Waals surface area contributed by atoms with E-state index in [0.29, 0.717) is 0 Å². The van der Waals surface area contributed by atoms with Crippen LogP contribution in [0.25, 0.3) is 0 Å². The van der Waals surface area contributed by atoms with Crippen LogP contribution in [0.15, 0.2) is 0 Å². The third kappa shape index (κ3) is 4.40. The lowest BCUT2D eigenvalue weighted by molar-refractivity contribution is 1.16. The largest absolute Gasteiger partial charge is 0.0611 e. The van der Waals surface area contributed by atoms with Gasteiger partial charge in [0.1, 0.15) is 0 Å². The predicted octanol–water partition coefficient (Wildman–Crippen LogP) is 8.80. The van der Waals surface area contributed by atoms with Crippen LogP contribution in [0.5, 0.6) is 0 Å². The fourth-order valence-corrected chi connectivity index (χ4v) is 5.31. The van der Waals surface area contributed by atoms with E-state index < -0.39 is 0 Å². The zero-order chi connectivity index (χ0) is 27.2. The Bertz CT molecular complexity index is 1340. The van der Waals surface area contributed by atoms with Gasteiger partial charge >= 0.3 is 0 Å². The molecule has 0 fully saturated rings. The summed E-state index contributed by atoms with van der Waals surface area (Å²) in [6.07, 6.45) is 0. The Morgan fingerprint density at radius 2 is 0.306 bits per heavy atom. The second-order valence-corrected chi connectivity index (χ2v) is 10.8. The van der Waals surface area contributed by atoms with E-state index in [9.17, 15) is 0 Å². The molecule has 0 heteroatoms. The highest BCUT2D eigenvalue weighted by Gasteiger charge is 2.15. The normalized spacial score (nSPS) is 10.6. The van der Waals surface area contributed by atoms with Crippen LogP contribution in [0.3, 0.4) is 0 Å². The highest BCUT2D eigenvalue weighted by atomic mass is 14.2. The molecule has 0 unspecified atom stereocenters. The van der Waals surface area contributed by atoms with Gasteiger partial charge in [-0.2, -0.15) is 0 Å². The van der Waals surface area contributed by atoms with E-state index in [1.54, 1.807) is 0 Å². The smallest absolute Gasteiger partial charge is 0.0313 e. The van der Waals surface area contributed by atoms with Crippen LogP contribution in [0.2, 0.25) is 0 Å². The SMILES string of the molecule is Cc1c(C)c(C)c(C#Cc2c(C)c(C)c(C#Cc3c(C)c(C)c(C)c(C)c3C)c(C)c2C)c(C)c1C. The maximum Gasteiger partial charge on any atom is 0.0313 e. The van der Waals surface area contributed by atoms with E-state index in [2.05, 4.69) is 121 Å². The first-order valence-corrected chi connectivity index (χ1v) is 13.0. The molecule has 3 aromatic carbocycles. The van der Waals surface area contributed by atoms with E-state index in [1.807, 2.05) is 0 Å². The Labute approximate surface area is 220 Å². The molecular formula is C36H42. The molecule has 0 saturated carbocycles. The molecule has 0 heterocycles. The molecule has 3 rings (SSSR count). The molecule has 0 bridgehead atoms. The Balaban J connectivity index is 2.20. The number of hydrogen-bond acceptors (Lipinski definition) is 0. The van der Waals surface area contributed by atoms with Gasteiger partial charge in [-0.1, -0.05) is 23.7 Å². The minimum Gasteiger partial charge on any atom is -0.0611 e. The fraction of sp³-hybridized carbons (Fsp3) is 0.389. The van der Waals surface area contributed by atoms with Gasteiger partial charge in [-0.3, -0.25) is 0 Å². The molecule has 0 aromatic heterocycles. The Morgan fingerprint density at radius 1 is 0.194 bits per heavy atom. The van der Waals surface area contributed by atoms with Gasteiger partial charge in [-0.15, -0.1) is 0 Å². The molecule has 0 aliphatic rings. The quantitative estimate of drug-likeness (QED) is 0.286. The van der Waals surface area contributed by atoms with Crippen LogP contribution < -0.4 is 0 Å². The molecule has 0 spiro atoms. The third-order valence-corrected chi connectivity index (χ3v) is 9.25. The summed E-state index contributed by atoms with van der Waals surface area (Å²) in [6, 6.07) is 0. The molecule has 0 N–H and O–H groups in total. The summed E-state index contributed by atoms with van der Waals surface area (Å²) in [4.78, 5) is 0. The number of benzene rings is 3. The lowest BCUT2D eigenvalue weighted by Crippen LogP contribution is -2.03. The summed E-state index contributed by atoms with van der Waals surface area (Å²) in [6.45, 7) is 30.8. The van der Waals surface area contributed by atoms with Crippen molar-refractivity contribution in [1.82, 2.24) is 0 Å². The topological polar surface area (TPSA) is 0 Å². The van der Waals surface area contributed by atoms with Gasteiger partial charge in [0, 0.05) is 22.3 Å². The number of rotatable bonds is 0. The van der Waals surface area contributed by atoms with Crippen molar-refractivity contribution >= 4 is 0 Å². The van der Waals surface area contributed by atoms with Crippen LogP contribution in [-0.2, 0) is 0 Å². The summed E-state index contributed by atoms with van der Waals surface area (Å²) in [5, 5.41) is 0. The molecule has 186 valence electrons. The predicted molar refractivity (Wildman–Crippen MR) is 158 cm³/mol. The first kappa shape index (κ1) is 27.4. The summed E-state index contributed by atoms with van der Waals surface area (Å²) in [5.74, 6) is 14.3. The van der Waals surface area contributed by atoms with E-state index in [1.165, 1.54) is 89.0 Å². The second-order valence-electron chi connectivity index (χ2n) is 10.8.